The SMILES string of the molecule is COc1ccccc1C(=O)N/N=C\c1cn(-c2ccccc2)nc1-c1ccccc1. The van der Waals surface area contributed by atoms with E-state index >= 15 is 0 Å². The molecular formula is C24H20N4O2. The number of hydrazone groups is 1. The molecule has 1 amide bonds. The number of rotatable bonds is 6. The Labute approximate surface area is 174 Å². The highest BCUT2D eigenvalue weighted by molar-refractivity contribution is 5.97. The molecule has 0 spiro atoms. The largest absolute Gasteiger partial charge is 0.496 e. The van der Waals surface area contributed by atoms with Crippen LogP contribution in [0.4, 0.5) is 0 Å². The Morgan fingerprint density at radius 2 is 1.63 bits per heavy atom. The molecular weight excluding hydrogens is 376 g/mol. The lowest BCUT2D eigenvalue weighted by Crippen LogP contribution is -2.18. The summed E-state index contributed by atoms with van der Waals surface area (Å²) in [6, 6.07) is 26.7. The lowest BCUT2D eigenvalue weighted by Gasteiger charge is -2.05. The lowest BCUT2D eigenvalue weighted by molar-refractivity contribution is 0.0952. The van der Waals surface area contributed by atoms with Crippen molar-refractivity contribution in [3.8, 4) is 22.7 Å². The van der Waals surface area contributed by atoms with Gasteiger partial charge in [0.15, 0.2) is 0 Å². The highest BCUT2D eigenvalue weighted by Gasteiger charge is 2.12. The fraction of sp³-hybridized carbons (Fsp3) is 0.0417. The average molecular weight is 396 g/mol. The van der Waals surface area contributed by atoms with E-state index < -0.39 is 0 Å². The zero-order valence-electron chi connectivity index (χ0n) is 16.4. The fourth-order valence-electron chi connectivity index (χ4n) is 3.07. The van der Waals surface area contributed by atoms with Crippen LogP contribution in [0.1, 0.15) is 15.9 Å². The van der Waals surface area contributed by atoms with Crippen molar-refractivity contribution in [2.45, 2.75) is 0 Å². The minimum absolute atomic E-state index is 0.347. The third-order valence-corrected chi connectivity index (χ3v) is 4.53. The number of hydrogen-bond acceptors (Lipinski definition) is 4. The van der Waals surface area contributed by atoms with Gasteiger partial charge in [0.1, 0.15) is 11.4 Å². The maximum absolute atomic E-state index is 12.5. The van der Waals surface area contributed by atoms with E-state index in [4.69, 9.17) is 9.84 Å². The van der Waals surface area contributed by atoms with Gasteiger partial charge >= 0.3 is 0 Å². The number of amides is 1. The molecule has 6 heteroatoms. The third-order valence-electron chi connectivity index (χ3n) is 4.53. The predicted molar refractivity (Wildman–Crippen MR) is 117 cm³/mol. The van der Waals surface area contributed by atoms with Crippen LogP contribution >= 0.6 is 0 Å². The number of hydrogen-bond donors (Lipinski definition) is 1. The molecule has 0 saturated heterocycles. The van der Waals surface area contributed by atoms with Gasteiger partial charge in [-0.1, -0.05) is 60.7 Å². The molecule has 1 aromatic heterocycles. The third kappa shape index (κ3) is 4.12. The van der Waals surface area contributed by atoms with Crippen molar-refractivity contribution in [2.75, 3.05) is 7.11 Å². The maximum Gasteiger partial charge on any atom is 0.275 e. The van der Waals surface area contributed by atoms with Crippen LogP contribution in [-0.2, 0) is 0 Å². The molecule has 0 aliphatic heterocycles. The van der Waals surface area contributed by atoms with Crippen molar-refractivity contribution in [3.05, 3.63) is 102 Å². The number of methoxy groups -OCH3 is 1. The summed E-state index contributed by atoms with van der Waals surface area (Å²) in [5.41, 5.74) is 6.44. The monoisotopic (exact) mass is 396 g/mol. The number of carbonyl (C=O) groups excluding carboxylic acids is 1. The van der Waals surface area contributed by atoms with E-state index in [0.717, 1.165) is 22.5 Å². The fourth-order valence-corrected chi connectivity index (χ4v) is 3.07. The van der Waals surface area contributed by atoms with Crippen molar-refractivity contribution >= 4 is 12.1 Å². The number of nitrogens with one attached hydrogen (secondary N) is 1. The van der Waals surface area contributed by atoms with Gasteiger partial charge in [0.2, 0.25) is 0 Å². The summed E-state index contributed by atoms with van der Waals surface area (Å²) < 4.78 is 7.03. The second kappa shape index (κ2) is 8.87. The molecule has 1 N–H and O–H groups in total. The Morgan fingerprint density at radius 3 is 2.37 bits per heavy atom. The molecule has 1 heterocycles. The molecule has 0 aliphatic rings. The molecule has 4 aromatic rings. The van der Waals surface area contributed by atoms with Gasteiger partial charge in [-0.05, 0) is 24.3 Å². The van der Waals surface area contributed by atoms with E-state index in [2.05, 4.69) is 10.5 Å². The number of carbonyl (C=O) groups is 1. The smallest absolute Gasteiger partial charge is 0.275 e. The van der Waals surface area contributed by atoms with Gasteiger partial charge in [-0.25, -0.2) is 10.1 Å². The number of ether oxygens (including phenoxy) is 1. The van der Waals surface area contributed by atoms with Crippen molar-refractivity contribution < 1.29 is 9.53 Å². The first-order chi connectivity index (χ1) is 14.8. The van der Waals surface area contributed by atoms with E-state index in [1.54, 1.807) is 29.1 Å². The molecule has 6 nitrogen and oxygen atoms in total. The first kappa shape index (κ1) is 19.1. The van der Waals surface area contributed by atoms with E-state index in [1.807, 2.05) is 72.9 Å². The van der Waals surface area contributed by atoms with Crippen molar-refractivity contribution in [2.24, 2.45) is 5.10 Å². The second-order valence-electron chi connectivity index (χ2n) is 6.48. The normalized spacial score (nSPS) is 10.8. The van der Waals surface area contributed by atoms with Crippen LogP contribution in [-0.4, -0.2) is 29.0 Å². The van der Waals surface area contributed by atoms with Crippen molar-refractivity contribution in [1.29, 1.82) is 0 Å². The predicted octanol–water partition coefficient (Wildman–Crippen LogP) is 4.31. The van der Waals surface area contributed by atoms with Gasteiger partial charge in [0.25, 0.3) is 5.91 Å². The van der Waals surface area contributed by atoms with E-state index in [0.29, 0.717) is 11.3 Å². The number of aromatic nitrogens is 2. The minimum atomic E-state index is -0.347. The highest BCUT2D eigenvalue weighted by Crippen LogP contribution is 2.22. The molecule has 0 atom stereocenters. The topological polar surface area (TPSA) is 68.5 Å². The standard InChI is InChI=1S/C24H20N4O2/c1-30-22-15-9-8-14-21(22)24(29)26-25-16-19-17-28(20-12-6-3-7-13-20)27-23(19)18-10-4-2-5-11-18/h2-17H,1H3,(H,26,29)/b25-16-. The van der Waals surface area contributed by atoms with Crippen molar-refractivity contribution in [3.63, 3.8) is 0 Å². The molecule has 0 fully saturated rings. The van der Waals surface area contributed by atoms with E-state index in [9.17, 15) is 4.79 Å². The first-order valence-corrected chi connectivity index (χ1v) is 9.43. The van der Waals surface area contributed by atoms with Gasteiger partial charge in [-0.2, -0.15) is 10.2 Å². The molecule has 0 bridgehead atoms. The van der Waals surface area contributed by atoms with Gasteiger partial charge in [0.05, 0.1) is 24.6 Å². The molecule has 3 aromatic carbocycles. The van der Waals surface area contributed by atoms with Crippen LogP contribution in [0, 0.1) is 0 Å². The molecule has 30 heavy (non-hydrogen) atoms. The summed E-state index contributed by atoms with van der Waals surface area (Å²) in [6.45, 7) is 0. The zero-order chi connectivity index (χ0) is 20.8. The van der Waals surface area contributed by atoms with E-state index in [-0.39, 0.29) is 5.91 Å². The molecule has 0 radical (unpaired) electrons. The van der Waals surface area contributed by atoms with Gasteiger partial charge in [-0.15, -0.1) is 0 Å². The summed E-state index contributed by atoms with van der Waals surface area (Å²) in [5.74, 6) is 0.146. The molecule has 4 rings (SSSR count). The lowest BCUT2D eigenvalue weighted by atomic mass is 10.1. The molecule has 148 valence electrons. The van der Waals surface area contributed by atoms with Crippen LogP contribution in [0.25, 0.3) is 16.9 Å². The average Bonchev–Trinajstić information content (AvgIpc) is 3.24. The second-order valence-corrected chi connectivity index (χ2v) is 6.48. The number of para-hydroxylation sites is 2. The Bertz CT molecular complexity index is 1170. The molecule has 0 saturated carbocycles. The van der Waals surface area contributed by atoms with Gasteiger partial charge in [0, 0.05) is 17.3 Å². The number of nitrogens with zero attached hydrogens (tertiary/aromatic N) is 3. The Morgan fingerprint density at radius 1 is 0.967 bits per heavy atom. The van der Waals surface area contributed by atoms with Crippen LogP contribution in [0.5, 0.6) is 5.75 Å². The van der Waals surface area contributed by atoms with Crippen LogP contribution in [0.2, 0.25) is 0 Å². The maximum atomic E-state index is 12.5. The summed E-state index contributed by atoms with van der Waals surface area (Å²) in [4.78, 5) is 12.5. The molecule has 0 aliphatic carbocycles. The van der Waals surface area contributed by atoms with Crippen LogP contribution < -0.4 is 10.2 Å². The van der Waals surface area contributed by atoms with E-state index in [1.165, 1.54) is 7.11 Å². The quantitative estimate of drug-likeness (QED) is 0.390. The minimum Gasteiger partial charge on any atom is -0.496 e. The Kier molecular flexibility index (Phi) is 5.66. The van der Waals surface area contributed by atoms with Gasteiger partial charge < -0.3 is 4.74 Å². The van der Waals surface area contributed by atoms with Crippen molar-refractivity contribution in [1.82, 2.24) is 15.2 Å². The molecule has 0 unspecified atom stereocenters. The summed E-state index contributed by atoms with van der Waals surface area (Å²) in [6.07, 6.45) is 3.48. The number of benzene rings is 3. The highest BCUT2D eigenvalue weighted by atomic mass is 16.5. The van der Waals surface area contributed by atoms with Gasteiger partial charge in [-0.3, -0.25) is 4.79 Å². The first-order valence-electron chi connectivity index (χ1n) is 9.43. The summed E-state index contributed by atoms with van der Waals surface area (Å²) in [5, 5.41) is 8.88. The Balaban J connectivity index is 1.63. The summed E-state index contributed by atoms with van der Waals surface area (Å²) in [7, 11) is 1.53. The zero-order valence-corrected chi connectivity index (χ0v) is 16.4. The van der Waals surface area contributed by atoms with Crippen LogP contribution in [0.15, 0.2) is 96.2 Å². The summed E-state index contributed by atoms with van der Waals surface area (Å²) >= 11 is 0. The van der Waals surface area contributed by atoms with Crippen LogP contribution in [0.3, 0.4) is 0 Å². The Hall–Kier alpha value is -4.19.